The molecule has 0 saturated carbocycles. The molecular weight excluding hydrogens is 420 g/mol. The van der Waals surface area contributed by atoms with Gasteiger partial charge in [-0.1, -0.05) is 0 Å². The fraction of sp³-hybridized carbons (Fsp3) is 0.286. The largest absolute Gasteiger partial charge is 0.467 e. The molecule has 11 heteroatoms. The van der Waals surface area contributed by atoms with Crippen LogP contribution in [0.5, 0.6) is 0 Å². The van der Waals surface area contributed by atoms with Crippen molar-refractivity contribution in [1.82, 2.24) is 16.0 Å². The molecule has 1 aliphatic rings. The van der Waals surface area contributed by atoms with Crippen molar-refractivity contribution in [1.29, 1.82) is 0 Å². The van der Waals surface area contributed by atoms with Crippen molar-refractivity contribution in [2.45, 2.75) is 19.4 Å². The van der Waals surface area contributed by atoms with Crippen molar-refractivity contribution in [3.63, 3.8) is 0 Å². The maximum Gasteiger partial charge on any atom is 0.325 e. The second-order valence-electron chi connectivity index (χ2n) is 6.85. The van der Waals surface area contributed by atoms with E-state index in [0.717, 1.165) is 6.42 Å². The quantitative estimate of drug-likeness (QED) is 0.510. The standard InChI is InChI=1S/C21H22N4O7/c26-17(24-21(30)23-11-16-3-2-10-31-16)13-32-19(28)12-22-20(29)14-5-7-15(8-6-14)25-9-1-4-18(25)27/h2-3,5-8,10H,1,4,9,11-13H2,(H,22,29)(H2,23,24,26,30). The van der Waals surface area contributed by atoms with E-state index in [4.69, 9.17) is 9.15 Å². The smallest absolute Gasteiger partial charge is 0.325 e. The number of urea groups is 1. The van der Waals surface area contributed by atoms with Crippen LogP contribution in [0.25, 0.3) is 0 Å². The highest BCUT2D eigenvalue weighted by molar-refractivity contribution is 5.99. The predicted molar refractivity (Wildman–Crippen MR) is 110 cm³/mol. The number of carbonyl (C=O) groups excluding carboxylic acids is 5. The molecule has 168 valence electrons. The van der Waals surface area contributed by atoms with Crippen LogP contribution >= 0.6 is 0 Å². The van der Waals surface area contributed by atoms with Crippen molar-refractivity contribution in [2.75, 3.05) is 24.6 Å². The summed E-state index contributed by atoms with van der Waals surface area (Å²) in [5, 5.41) is 6.78. The number of nitrogens with zero attached hydrogens (tertiary/aromatic N) is 1. The third kappa shape index (κ3) is 6.42. The average Bonchev–Trinajstić information content (AvgIpc) is 3.46. The Morgan fingerprint density at radius 2 is 1.84 bits per heavy atom. The van der Waals surface area contributed by atoms with E-state index in [2.05, 4.69) is 10.6 Å². The second kappa shape index (κ2) is 10.8. The number of esters is 1. The second-order valence-corrected chi connectivity index (χ2v) is 6.85. The van der Waals surface area contributed by atoms with E-state index < -0.39 is 37.0 Å². The highest BCUT2D eigenvalue weighted by Gasteiger charge is 2.21. The maximum absolute atomic E-state index is 12.2. The third-order valence-electron chi connectivity index (χ3n) is 4.53. The minimum atomic E-state index is -0.844. The highest BCUT2D eigenvalue weighted by atomic mass is 16.5. The summed E-state index contributed by atoms with van der Waals surface area (Å²) in [5.41, 5.74) is 1.02. The molecule has 3 N–H and O–H groups in total. The summed E-state index contributed by atoms with van der Waals surface area (Å²) in [6.45, 7) is -0.396. The molecule has 0 bridgehead atoms. The van der Waals surface area contributed by atoms with Crippen LogP contribution in [0, 0.1) is 0 Å². The van der Waals surface area contributed by atoms with Gasteiger partial charge >= 0.3 is 12.0 Å². The third-order valence-corrected chi connectivity index (χ3v) is 4.53. The Balaban J connectivity index is 1.34. The fourth-order valence-electron chi connectivity index (χ4n) is 2.95. The van der Waals surface area contributed by atoms with Crippen LogP contribution in [0.15, 0.2) is 47.1 Å². The van der Waals surface area contributed by atoms with Gasteiger partial charge in [0.05, 0.1) is 12.8 Å². The molecule has 11 nitrogen and oxygen atoms in total. The van der Waals surface area contributed by atoms with Gasteiger partial charge in [0.2, 0.25) is 5.91 Å². The van der Waals surface area contributed by atoms with Crippen molar-refractivity contribution < 1.29 is 33.1 Å². The number of anilines is 1. The van der Waals surface area contributed by atoms with Gasteiger partial charge in [-0.05, 0) is 42.8 Å². The average molecular weight is 442 g/mol. The van der Waals surface area contributed by atoms with Gasteiger partial charge in [0.1, 0.15) is 12.3 Å². The molecule has 2 heterocycles. The van der Waals surface area contributed by atoms with Crippen LogP contribution in [0.3, 0.4) is 0 Å². The van der Waals surface area contributed by atoms with Crippen molar-refractivity contribution in [3.05, 3.63) is 54.0 Å². The number of ether oxygens (including phenoxy) is 1. The summed E-state index contributed by atoms with van der Waals surface area (Å²) in [6.07, 6.45) is 2.76. The number of hydrogen-bond donors (Lipinski definition) is 3. The van der Waals surface area contributed by atoms with Gasteiger partial charge in [-0.2, -0.15) is 0 Å². The van der Waals surface area contributed by atoms with Crippen molar-refractivity contribution in [3.8, 4) is 0 Å². The number of furan rings is 1. The minimum Gasteiger partial charge on any atom is -0.467 e. The molecule has 2 aromatic rings. The zero-order valence-electron chi connectivity index (χ0n) is 17.1. The first kappa shape index (κ1) is 22.5. The lowest BCUT2D eigenvalue weighted by atomic mass is 10.2. The van der Waals surface area contributed by atoms with E-state index in [1.807, 2.05) is 5.32 Å². The van der Waals surface area contributed by atoms with E-state index >= 15 is 0 Å². The molecule has 5 amide bonds. The Kier molecular flexibility index (Phi) is 7.57. The molecule has 32 heavy (non-hydrogen) atoms. The molecule has 1 aromatic carbocycles. The van der Waals surface area contributed by atoms with E-state index in [-0.39, 0.29) is 12.5 Å². The van der Waals surface area contributed by atoms with Crippen LogP contribution in [-0.4, -0.2) is 49.4 Å². The number of imide groups is 1. The van der Waals surface area contributed by atoms with Crippen LogP contribution in [0.2, 0.25) is 0 Å². The molecule has 1 fully saturated rings. The van der Waals surface area contributed by atoms with E-state index in [9.17, 15) is 24.0 Å². The summed E-state index contributed by atoms with van der Waals surface area (Å²) in [4.78, 5) is 60.6. The van der Waals surface area contributed by atoms with Crippen LogP contribution < -0.4 is 20.9 Å². The topological polar surface area (TPSA) is 147 Å². The first-order chi connectivity index (χ1) is 15.4. The number of nitrogens with one attached hydrogen (secondary N) is 3. The van der Waals surface area contributed by atoms with Crippen LogP contribution in [0.1, 0.15) is 29.0 Å². The lowest BCUT2D eigenvalue weighted by Gasteiger charge is -2.15. The number of carbonyl (C=O) groups is 5. The Labute approximate surface area is 183 Å². The van der Waals surface area contributed by atoms with Gasteiger partial charge in [-0.25, -0.2) is 4.79 Å². The molecule has 0 unspecified atom stereocenters. The molecule has 0 spiro atoms. The molecule has 3 rings (SSSR count). The lowest BCUT2D eigenvalue weighted by Crippen LogP contribution is -2.41. The molecule has 1 aliphatic heterocycles. The Morgan fingerprint density at radius 3 is 2.50 bits per heavy atom. The van der Waals surface area contributed by atoms with Crippen molar-refractivity contribution >= 4 is 35.4 Å². The predicted octanol–water partition coefficient (Wildman–Crippen LogP) is 0.705. The monoisotopic (exact) mass is 442 g/mol. The fourth-order valence-corrected chi connectivity index (χ4v) is 2.95. The van der Waals surface area contributed by atoms with Gasteiger partial charge in [-0.15, -0.1) is 0 Å². The highest BCUT2D eigenvalue weighted by Crippen LogP contribution is 2.21. The van der Waals surface area contributed by atoms with Gasteiger partial charge in [0.15, 0.2) is 6.61 Å². The van der Waals surface area contributed by atoms with E-state index in [0.29, 0.717) is 30.0 Å². The minimum absolute atomic E-state index is 0.0454. The number of benzene rings is 1. The number of amides is 5. The summed E-state index contributed by atoms with van der Waals surface area (Å²) in [5.74, 6) is -1.63. The van der Waals surface area contributed by atoms with Crippen molar-refractivity contribution in [2.24, 2.45) is 0 Å². The molecule has 1 aromatic heterocycles. The van der Waals surface area contributed by atoms with Gasteiger partial charge in [0, 0.05) is 24.2 Å². The molecule has 1 saturated heterocycles. The van der Waals surface area contributed by atoms with E-state index in [1.165, 1.54) is 6.26 Å². The first-order valence-electron chi connectivity index (χ1n) is 9.86. The summed E-state index contributed by atoms with van der Waals surface area (Å²) >= 11 is 0. The first-order valence-corrected chi connectivity index (χ1v) is 9.86. The molecular formula is C21H22N4O7. The molecule has 0 radical (unpaired) electrons. The Hall–Kier alpha value is -4.15. The van der Waals surface area contributed by atoms with Gasteiger partial charge in [0.25, 0.3) is 11.8 Å². The SMILES string of the molecule is O=C(COC(=O)CNC(=O)c1ccc(N2CCCC2=O)cc1)NC(=O)NCc1ccco1. The zero-order chi connectivity index (χ0) is 22.9. The summed E-state index contributed by atoms with van der Waals surface area (Å²) < 4.78 is 9.76. The number of rotatable bonds is 8. The Morgan fingerprint density at radius 1 is 1.06 bits per heavy atom. The van der Waals surface area contributed by atoms with Crippen LogP contribution in [0.4, 0.5) is 10.5 Å². The molecule has 0 atom stereocenters. The maximum atomic E-state index is 12.2. The Bertz CT molecular complexity index is 986. The number of hydrogen-bond acceptors (Lipinski definition) is 7. The van der Waals surface area contributed by atoms with E-state index in [1.54, 1.807) is 41.3 Å². The van der Waals surface area contributed by atoms with Gasteiger partial charge in [-0.3, -0.25) is 24.5 Å². The summed E-state index contributed by atoms with van der Waals surface area (Å²) in [7, 11) is 0. The molecule has 0 aliphatic carbocycles. The van der Waals surface area contributed by atoms with Gasteiger partial charge < -0.3 is 24.7 Å². The zero-order valence-corrected chi connectivity index (χ0v) is 17.1. The van der Waals surface area contributed by atoms with Crippen LogP contribution in [-0.2, 0) is 25.7 Å². The normalized spacial score (nSPS) is 12.9. The summed E-state index contributed by atoms with van der Waals surface area (Å²) in [6, 6.07) is 8.97. The lowest BCUT2D eigenvalue weighted by molar-refractivity contribution is -0.147.